The van der Waals surface area contributed by atoms with Crippen LogP contribution in [0, 0.1) is 0 Å². The van der Waals surface area contributed by atoms with Gasteiger partial charge in [0.05, 0.1) is 13.2 Å². The normalized spacial score (nSPS) is 18.9. The molecule has 1 unspecified atom stereocenters. The van der Waals surface area contributed by atoms with E-state index in [0.29, 0.717) is 0 Å². The summed E-state index contributed by atoms with van der Waals surface area (Å²) in [4.78, 5) is 14.9. The Kier molecular flexibility index (Phi) is 5.60. The molecule has 1 saturated heterocycles. The summed E-state index contributed by atoms with van der Waals surface area (Å²) in [5, 5.41) is 0. The zero-order valence-corrected chi connectivity index (χ0v) is 12.6. The minimum Gasteiger partial charge on any atom is -0.497 e. The van der Waals surface area contributed by atoms with Gasteiger partial charge >= 0.3 is 0 Å². The zero-order chi connectivity index (χ0) is 14.4. The quantitative estimate of drug-likeness (QED) is 0.787. The summed E-state index contributed by atoms with van der Waals surface area (Å²) in [6, 6.07) is 7.41. The van der Waals surface area contributed by atoms with E-state index in [2.05, 4.69) is 4.90 Å². The Morgan fingerprint density at radius 3 is 2.15 bits per heavy atom. The lowest BCUT2D eigenvalue weighted by molar-refractivity contribution is 0.0826. The Labute approximate surface area is 121 Å². The predicted octanol–water partition coefficient (Wildman–Crippen LogP) is 3.53. The number of benzene rings is 1. The van der Waals surface area contributed by atoms with Crippen molar-refractivity contribution in [3.63, 3.8) is 0 Å². The van der Waals surface area contributed by atoms with Gasteiger partial charge in [0.1, 0.15) is 5.75 Å². The molecule has 20 heavy (non-hydrogen) atoms. The van der Waals surface area contributed by atoms with Gasteiger partial charge in [-0.25, -0.2) is 0 Å². The monoisotopic (exact) mass is 275 g/mol. The number of methoxy groups -OCH3 is 1. The van der Waals surface area contributed by atoms with Crippen molar-refractivity contribution in [2.24, 2.45) is 0 Å². The first kappa shape index (κ1) is 15.0. The maximum absolute atomic E-state index is 12.6. The van der Waals surface area contributed by atoms with Crippen molar-refractivity contribution in [2.45, 2.75) is 45.1 Å². The number of carbonyl (C=O) groups is 1. The standard InChI is InChI=1S/C17H25NO2/c1-14(18-12-6-4-3-5-7-13-18)17(19)15-8-10-16(20-2)11-9-15/h8-11,14H,3-7,12-13H2,1-2H3. The second-order valence-corrected chi connectivity index (χ2v) is 5.57. The molecule has 1 aliphatic heterocycles. The van der Waals surface area contributed by atoms with Crippen LogP contribution >= 0.6 is 0 Å². The topological polar surface area (TPSA) is 29.5 Å². The van der Waals surface area contributed by atoms with E-state index in [4.69, 9.17) is 4.74 Å². The van der Waals surface area contributed by atoms with Crippen LogP contribution in [0.1, 0.15) is 49.4 Å². The number of ether oxygens (including phenoxy) is 1. The van der Waals surface area contributed by atoms with Crippen LogP contribution in [0.5, 0.6) is 5.75 Å². The van der Waals surface area contributed by atoms with Crippen LogP contribution in [-0.4, -0.2) is 36.9 Å². The van der Waals surface area contributed by atoms with Gasteiger partial charge in [-0.15, -0.1) is 0 Å². The molecule has 3 heteroatoms. The molecule has 0 aliphatic carbocycles. The van der Waals surface area contributed by atoms with Crippen LogP contribution in [-0.2, 0) is 0 Å². The maximum atomic E-state index is 12.6. The third kappa shape index (κ3) is 3.83. The number of hydrogen-bond acceptors (Lipinski definition) is 3. The van der Waals surface area contributed by atoms with Crippen LogP contribution in [0.15, 0.2) is 24.3 Å². The first-order valence-electron chi connectivity index (χ1n) is 7.64. The largest absolute Gasteiger partial charge is 0.497 e. The molecule has 0 aromatic heterocycles. The minimum absolute atomic E-state index is 0.0264. The first-order valence-corrected chi connectivity index (χ1v) is 7.64. The molecule has 0 spiro atoms. The number of likely N-dealkylation sites (tertiary alicyclic amines) is 1. The number of Topliss-reactive ketones (excluding diaryl/α,β-unsaturated/α-hetero) is 1. The van der Waals surface area contributed by atoms with Crippen molar-refractivity contribution in [3.8, 4) is 5.75 Å². The lowest BCUT2D eigenvalue weighted by Crippen LogP contribution is -2.40. The van der Waals surface area contributed by atoms with Crippen LogP contribution in [0.4, 0.5) is 0 Å². The second-order valence-electron chi connectivity index (χ2n) is 5.57. The summed E-state index contributed by atoms with van der Waals surface area (Å²) in [6.45, 7) is 4.13. The molecule has 2 rings (SSSR count). The Balaban J connectivity index is 2.01. The Bertz CT molecular complexity index is 419. The molecule has 1 aromatic rings. The highest BCUT2D eigenvalue weighted by molar-refractivity contribution is 5.99. The number of hydrogen-bond donors (Lipinski definition) is 0. The van der Waals surface area contributed by atoms with Gasteiger partial charge in [0.2, 0.25) is 0 Å². The van der Waals surface area contributed by atoms with E-state index < -0.39 is 0 Å². The summed E-state index contributed by atoms with van der Waals surface area (Å²) in [5.74, 6) is 1.01. The summed E-state index contributed by atoms with van der Waals surface area (Å²) in [6.07, 6.45) is 6.34. The molecule has 0 saturated carbocycles. The third-order valence-corrected chi connectivity index (χ3v) is 4.19. The summed E-state index contributed by atoms with van der Waals surface area (Å²) in [5.41, 5.74) is 0.778. The maximum Gasteiger partial charge on any atom is 0.179 e. The number of ketones is 1. The number of nitrogens with zero attached hydrogens (tertiary/aromatic N) is 1. The molecule has 1 fully saturated rings. The highest BCUT2D eigenvalue weighted by atomic mass is 16.5. The minimum atomic E-state index is -0.0264. The molecule has 0 bridgehead atoms. The number of carbonyl (C=O) groups excluding carboxylic acids is 1. The predicted molar refractivity (Wildman–Crippen MR) is 81.4 cm³/mol. The molecule has 1 heterocycles. The van der Waals surface area contributed by atoms with E-state index in [-0.39, 0.29) is 11.8 Å². The molecule has 3 nitrogen and oxygen atoms in total. The van der Waals surface area contributed by atoms with E-state index in [9.17, 15) is 4.79 Å². The van der Waals surface area contributed by atoms with Crippen molar-refractivity contribution < 1.29 is 9.53 Å². The van der Waals surface area contributed by atoms with E-state index in [1.807, 2.05) is 31.2 Å². The molecular formula is C17H25NO2. The molecule has 110 valence electrons. The number of rotatable bonds is 4. The van der Waals surface area contributed by atoms with Crippen LogP contribution in [0.3, 0.4) is 0 Å². The molecule has 1 atom stereocenters. The zero-order valence-electron chi connectivity index (χ0n) is 12.6. The van der Waals surface area contributed by atoms with Crippen LogP contribution < -0.4 is 4.74 Å². The van der Waals surface area contributed by atoms with Gasteiger partial charge in [0.15, 0.2) is 5.78 Å². The summed E-state index contributed by atoms with van der Waals surface area (Å²) in [7, 11) is 1.64. The SMILES string of the molecule is COc1ccc(C(=O)C(C)N2CCCCCCC2)cc1. The fourth-order valence-corrected chi connectivity index (χ4v) is 2.82. The fraction of sp³-hybridized carbons (Fsp3) is 0.588. The van der Waals surface area contributed by atoms with Crippen LogP contribution in [0.2, 0.25) is 0 Å². The van der Waals surface area contributed by atoms with Crippen molar-refractivity contribution in [1.29, 1.82) is 0 Å². The summed E-state index contributed by atoms with van der Waals surface area (Å²) >= 11 is 0. The van der Waals surface area contributed by atoms with Crippen molar-refractivity contribution in [2.75, 3.05) is 20.2 Å². The van der Waals surface area contributed by atoms with E-state index >= 15 is 0 Å². The average molecular weight is 275 g/mol. The lowest BCUT2D eigenvalue weighted by Gasteiger charge is -2.29. The highest BCUT2D eigenvalue weighted by Gasteiger charge is 2.22. The van der Waals surface area contributed by atoms with Crippen molar-refractivity contribution in [1.82, 2.24) is 4.90 Å². The van der Waals surface area contributed by atoms with E-state index in [1.54, 1.807) is 7.11 Å². The molecular weight excluding hydrogens is 250 g/mol. The van der Waals surface area contributed by atoms with Crippen molar-refractivity contribution >= 4 is 5.78 Å². The Hall–Kier alpha value is -1.35. The van der Waals surface area contributed by atoms with Gasteiger partial charge in [0.25, 0.3) is 0 Å². The Morgan fingerprint density at radius 2 is 1.60 bits per heavy atom. The van der Waals surface area contributed by atoms with Gasteiger partial charge in [-0.3, -0.25) is 9.69 Å². The third-order valence-electron chi connectivity index (χ3n) is 4.19. The molecule has 0 amide bonds. The van der Waals surface area contributed by atoms with E-state index in [0.717, 1.165) is 24.4 Å². The van der Waals surface area contributed by atoms with Gasteiger partial charge < -0.3 is 4.74 Å². The molecule has 1 aliphatic rings. The second kappa shape index (κ2) is 7.44. The van der Waals surface area contributed by atoms with Gasteiger partial charge in [-0.05, 0) is 57.1 Å². The van der Waals surface area contributed by atoms with Gasteiger partial charge in [0, 0.05) is 5.56 Å². The lowest BCUT2D eigenvalue weighted by atomic mass is 10.0. The Morgan fingerprint density at radius 1 is 1.05 bits per heavy atom. The van der Waals surface area contributed by atoms with E-state index in [1.165, 1.54) is 32.1 Å². The van der Waals surface area contributed by atoms with Gasteiger partial charge in [-0.2, -0.15) is 0 Å². The molecule has 0 N–H and O–H groups in total. The molecule has 1 aromatic carbocycles. The average Bonchev–Trinajstić information content (AvgIpc) is 2.46. The fourth-order valence-electron chi connectivity index (χ4n) is 2.82. The smallest absolute Gasteiger partial charge is 0.179 e. The van der Waals surface area contributed by atoms with Gasteiger partial charge in [-0.1, -0.05) is 19.3 Å². The van der Waals surface area contributed by atoms with Crippen LogP contribution in [0.25, 0.3) is 0 Å². The highest BCUT2D eigenvalue weighted by Crippen LogP contribution is 2.17. The first-order chi connectivity index (χ1) is 9.72. The summed E-state index contributed by atoms with van der Waals surface area (Å²) < 4.78 is 5.13. The van der Waals surface area contributed by atoms with Crippen molar-refractivity contribution in [3.05, 3.63) is 29.8 Å². The molecule has 0 radical (unpaired) electrons.